The third kappa shape index (κ3) is 8.55. The predicted octanol–water partition coefficient (Wildman–Crippen LogP) is 14.6. The van der Waals surface area contributed by atoms with E-state index in [4.69, 9.17) is 20.6 Å². The van der Waals surface area contributed by atoms with Crippen LogP contribution in [0.3, 0.4) is 0 Å². The number of aromatic nitrogens is 2. The molecule has 2 saturated carbocycles. The monoisotopic (exact) mass is 932 g/mol. The number of benzene rings is 5. The first-order valence-electron chi connectivity index (χ1n) is 21.3. The Morgan fingerprint density at radius 3 is 1.98 bits per heavy atom. The largest absolute Gasteiger partial charge is 3.00 e. The molecule has 0 saturated heterocycles. The maximum atomic E-state index is 5.13. The molecule has 0 aliphatic heterocycles. The Balaban J connectivity index is 0.000000193. The number of rotatable bonds is 6. The van der Waals surface area contributed by atoms with Gasteiger partial charge in [0.15, 0.2) is 0 Å². The van der Waals surface area contributed by atoms with Gasteiger partial charge in [-0.25, -0.2) is 11.1 Å². The summed E-state index contributed by atoms with van der Waals surface area (Å²) in [6, 6.07) is 35.5. The summed E-state index contributed by atoms with van der Waals surface area (Å²) in [5.41, 5.74) is 12.0. The third-order valence-corrected chi connectivity index (χ3v) is 12.8. The Kier molecular flexibility index (Phi) is 12.5. The zero-order chi connectivity index (χ0) is 39.0. The van der Waals surface area contributed by atoms with Crippen LogP contribution in [0.25, 0.3) is 54.6 Å². The SMILES string of the molecule is Cc1cc2ccc3c(c2cc1C)C(C)(C)c1ncnc(-c2[c-]ccc4cc(C(C)(C)C)ccc24)c1-3.[Ir+3].c1ccc(C([N-]C2CCCCC2)[N-]C2CCCCC2)cc1. The molecular weight excluding hydrogens is 873 g/mol. The second-order valence-corrected chi connectivity index (χ2v) is 18.3. The normalized spacial score (nSPS) is 16.8. The zero-order valence-electron chi connectivity index (χ0n) is 35.1. The van der Waals surface area contributed by atoms with Crippen LogP contribution in [-0.4, -0.2) is 22.1 Å². The van der Waals surface area contributed by atoms with E-state index in [9.17, 15) is 0 Å². The number of hydrogen-bond donors (Lipinski definition) is 0. The van der Waals surface area contributed by atoms with Crippen molar-refractivity contribution in [2.75, 3.05) is 0 Å². The van der Waals surface area contributed by atoms with E-state index in [1.54, 1.807) is 6.33 Å². The number of nitrogens with zero attached hydrogens (tertiary/aromatic N) is 4. The van der Waals surface area contributed by atoms with E-state index in [2.05, 4.69) is 133 Å². The van der Waals surface area contributed by atoms with Crippen molar-refractivity contribution in [2.45, 2.75) is 142 Å². The second kappa shape index (κ2) is 17.2. The van der Waals surface area contributed by atoms with Gasteiger partial charge < -0.3 is 10.6 Å². The van der Waals surface area contributed by atoms with Crippen LogP contribution in [0.1, 0.15) is 139 Å². The van der Waals surface area contributed by atoms with Crippen LogP contribution in [0.5, 0.6) is 0 Å². The number of hydrogen-bond acceptors (Lipinski definition) is 2. The maximum absolute atomic E-state index is 5.13. The van der Waals surface area contributed by atoms with Gasteiger partial charge in [-0.1, -0.05) is 183 Å². The van der Waals surface area contributed by atoms with Crippen molar-refractivity contribution in [1.82, 2.24) is 9.97 Å². The molecule has 0 N–H and O–H groups in total. The number of fused-ring (bicyclic) bond motifs is 6. The molecule has 296 valence electrons. The third-order valence-electron chi connectivity index (χ3n) is 12.8. The molecule has 1 heterocycles. The topological polar surface area (TPSA) is 54.0 Å². The standard InChI is InChI=1S/C33H31N2.C19H28N2.Ir/c1-19-15-22-11-13-26-28-30(25-10-8-9-21-17-23(32(3,4)5)12-14-24(21)25)34-18-35-31(28)33(6,7)29(26)27(22)16-20(19)2;1-4-10-16(11-5-1)19(20-17-12-6-2-7-13-17)21-18-14-8-3-9-15-18;/h8-9,11-18H,1-7H3;1,4-5,10-11,17-19H,2-3,6-9,12-15H2;/q-1;-2;+3. The Morgan fingerprint density at radius 2 is 1.33 bits per heavy atom. The van der Waals surface area contributed by atoms with Gasteiger partial charge >= 0.3 is 20.1 Å². The second-order valence-electron chi connectivity index (χ2n) is 18.3. The Labute approximate surface area is 355 Å². The first-order chi connectivity index (χ1) is 27.0. The summed E-state index contributed by atoms with van der Waals surface area (Å²) in [6.07, 6.45) is 15.0. The molecule has 0 atom stereocenters. The van der Waals surface area contributed by atoms with Gasteiger partial charge in [0.25, 0.3) is 0 Å². The average molecular weight is 932 g/mol. The van der Waals surface area contributed by atoms with Gasteiger partial charge in [-0.3, -0.25) is 4.98 Å². The van der Waals surface area contributed by atoms with Crippen molar-refractivity contribution in [3.05, 3.63) is 141 Å². The smallest absolute Gasteiger partial charge is 0.671 e. The van der Waals surface area contributed by atoms with Crippen molar-refractivity contribution in [1.29, 1.82) is 0 Å². The molecule has 4 nitrogen and oxygen atoms in total. The Morgan fingerprint density at radius 1 is 0.702 bits per heavy atom. The summed E-state index contributed by atoms with van der Waals surface area (Å²) in [6.45, 7) is 15.8. The van der Waals surface area contributed by atoms with Crippen molar-refractivity contribution in [3.8, 4) is 22.4 Å². The molecule has 0 radical (unpaired) electrons. The van der Waals surface area contributed by atoms with Crippen molar-refractivity contribution in [2.24, 2.45) is 0 Å². The minimum Gasteiger partial charge on any atom is -0.671 e. The van der Waals surface area contributed by atoms with Crippen molar-refractivity contribution in [3.63, 3.8) is 0 Å². The molecule has 3 aliphatic rings. The van der Waals surface area contributed by atoms with Gasteiger partial charge in [0.1, 0.15) is 6.33 Å². The molecule has 0 unspecified atom stereocenters. The average Bonchev–Trinajstić information content (AvgIpc) is 3.45. The molecule has 3 aliphatic carbocycles. The van der Waals surface area contributed by atoms with Gasteiger partial charge in [-0.15, -0.1) is 41.2 Å². The quantitative estimate of drug-likeness (QED) is 0.156. The van der Waals surface area contributed by atoms with E-state index in [-0.39, 0.29) is 37.1 Å². The van der Waals surface area contributed by atoms with Gasteiger partial charge in [-0.2, -0.15) is 0 Å². The van der Waals surface area contributed by atoms with E-state index in [1.807, 2.05) is 6.07 Å². The molecule has 1 aromatic heterocycles. The fourth-order valence-electron chi connectivity index (χ4n) is 9.48. The van der Waals surface area contributed by atoms with Gasteiger partial charge in [0, 0.05) is 5.41 Å². The van der Waals surface area contributed by atoms with Gasteiger partial charge in [0.05, 0.1) is 5.69 Å². The van der Waals surface area contributed by atoms with Gasteiger partial charge in [0.2, 0.25) is 0 Å². The van der Waals surface area contributed by atoms with Crippen LogP contribution in [0.2, 0.25) is 0 Å². The summed E-state index contributed by atoms with van der Waals surface area (Å²) >= 11 is 0. The van der Waals surface area contributed by atoms with E-state index in [0.29, 0.717) is 12.1 Å². The van der Waals surface area contributed by atoms with E-state index >= 15 is 0 Å². The molecule has 57 heavy (non-hydrogen) atoms. The summed E-state index contributed by atoms with van der Waals surface area (Å²) in [5.74, 6) is 0. The Bertz CT molecular complexity index is 2310. The summed E-state index contributed by atoms with van der Waals surface area (Å²) < 4.78 is 0. The maximum Gasteiger partial charge on any atom is 3.00 e. The minimum absolute atomic E-state index is 0. The fraction of sp³-hybridized carbons (Fsp3) is 0.423. The minimum atomic E-state index is -0.215. The predicted molar refractivity (Wildman–Crippen MR) is 237 cm³/mol. The van der Waals surface area contributed by atoms with E-state index in [1.165, 1.54) is 119 Å². The van der Waals surface area contributed by atoms with Crippen molar-refractivity contribution >= 4 is 21.5 Å². The van der Waals surface area contributed by atoms with Crippen LogP contribution >= 0.6 is 0 Å². The molecular formula is C52H59IrN4. The molecule has 0 amide bonds. The molecule has 0 bridgehead atoms. The summed E-state index contributed by atoms with van der Waals surface area (Å²) in [5, 5.41) is 15.3. The summed E-state index contributed by atoms with van der Waals surface area (Å²) in [7, 11) is 0. The molecule has 5 aromatic carbocycles. The first-order valence-corrected chi connectivity index (χ1v) is 21.3. The van der Waals surface area contributed by atoms with Gasteiger partial charge in [-0.05, 0) is 69.1 Å². The number of aryl methyl sites for hydroxylation is 2. The van der Waals surface area contributed by atoms with E-state index < -0.39 is 0 Å². The zero-order valence-corrected chi connectivity index (χ0v) is 37.5. The molecule has 2 fully saturated rings. The van der Waals surface area contributed by atoms with Crippen LogP contribution in [0.15, 0.2) is 91.3 Å². The van der Waals surface area contributed by atoms with Crippen molar-refractivity contribution < 1.29 is 20.1 Å². The van der Waals surface area contributed by atoms with E-state index in [0.717, 1.165) is 22.5 Å². The Hall–Kier alpha value is -3.73. The van der Waals surface area contributed by atoms with Crippen LogP contribution in [0, 0.1) is 19.9 Å². The fourth-order valence-corrected chi connectivity index (χ4v) is 9.48. The first kappa shape index (κ1) is 41.4. The molecule has 0 spiro atoms. The summed E-state index contributed by atoms with van der Waals surface area (Å²) in [4.78, 5) is 9.74. The molecule has 9 rings (SSSR count). The molecule has 5 heteroatoms. The van der Waals surface area contributed by atoms with Crippen LogP contribution in [-0.2, 0) is 30.9 Å². The van der Waals surface area contributed by atoms with Crippen LogP contribution in [0.4, 0.5) is 0 Å². The molecule has 6 aromatic rings. The van der Waals surface area contributed by atoms with Crippen LogP contribution < -0.4 is 0 Å².